The summed E-state index contributed by atoms with van der Waals surface area (Å²) in [5.74, 6) is -0.503. The maximum absolute atomic E-state index is 12.4. The van der Waals surface area contributed by atoms with Crippen LogP contribution in [0.2, 0.25) is 5.02 Å². The number of alkyl halides is 2. The number of nitrogens with one attached hydrogen (secondary N) is 1. The summed E-state index contributed by atoms with van der Waals surface area (Å²) < 4.78 is 54.2. The third kappa shape index (κ3) is 6.16. The molecule has 1 amide bonds. The highest BCUT2D eigenvalue weighted by Crippen LogP contribution is 2.17. The third-order valence-electron chi connectivity index (χ3n) is 3.53. The van der Waals surface area contributed by atoms with Gasteiger partial charge in [-0.1, -0.05) is 23.7 Å². The van der Waals surface area contributed by atoms with Crippen LogP contribution in [0.3, 0.4) is 0 Å². The normalized spacial score (nSPS) is 11.6. The van der Waals surface area contributed by atoms with Gasteiger partial charge in [0, 0.05) is 18.6 Å². The van der Waals surface area contributed by atoms with Crippen molar-refractivity contribution in [1.82, 2.24) is 9.62 Å². The van der Waals surface area contributed by atoms with E-state index in [-0.39, 0.29) is 23.7 Å². The number of sulfonamides is 1. The molecule has 0 radical (unpaired) electrons. The fraction of sp³-hybridized carbons (Fsp3) is 0.235. The van der Waals surface area contributed by atoms with Crippen molar-refractivity contribution in [3.8, 4) is 5.75 Å². The molecule has 0 bridgehead atoms. The van der Waals surface area contributed by atoms with E-state index in [0.717, 1.165) is 4.31 Å². The first-order valence-corrected chi connectivity index (χ1v) is 9.52. The average Bonchev–Trinajstić information content (AvgIpc) is 2.61. The smallest absolute Gasteiger partial charge is 0.387 e. The minimum atomic E-state index is -3.82. The monoisotopic (exact) mass is 418 g/mol. The molecule has 0 unspecified atom stereocenters. The number of rotatable bonds is 8. The van der Waals surface area contributed by atoms with Gasteiger partial charge in [-0.3, -0.25) is 4.79 Å². The van der Waals surface area contributed by atoms with Gasteiger partial charge < -0.3 is 10.1 Å². The molecule has 10 heteroatoms. The van der Waals surface area contributed by atoms with Crippen molar-refractivity contribution in [3.63, 3.8) is 0 Å². The van der Waals surface area contributed by atoms with Crippen LogP contribution >= 0.6 is 11.6 Å². The predicted molar refractivity (Wildman–Crippen MR) is 96.2 cm³/mol. The van der Waals surface area contributed by atoms with Crippen molar-refractivity contribution in [3.05, 3.63) is 59.1 Å². The van der Waals surface area contributed by atoms with E-state index in [9.17, 15) is 22.0 Å². The van der Waals surface area contributed by atoms with Gasteiger partial charge in [0.1, 0.15) is 5.75 Å². The Bertz CT molecular complexity index is 875. The second-order valence-electron chi connectivity index (χ2n) is 5.51. The molecule has 146 valence electrons. The summed E-state index contributed by atoms with van der Waals surface area (Å²) in [4.78, 5) is 12.0. The molecule has 0 atom stereocenters. The Hall–Kier alpha value is -2.23. The first-order valence-electron chi connectivity index (χ1n) is 7.71. The molecule has 0 aliphatic carbocycles. The van der Waals surface area contributed by atoms with E-state index in [2.05, 4.69) is 10.1 Å². The summed E-state index contributed by atoms with van der Waals surface area (Å²) in [6, 6.07) is 11.4. The van der Waals surface area contributed by atoms with Crippen LogP contribution in [-0.2, 0) is 21.4 Å². The molecule has 6 nitrogen and oxygen atoms in total. The molecular formula is C17H17ClF2N2O4S. The summed E-state index contributed by atoms with van der Waals surface area (Å²) in [6.45, 7) is -3.17. The van der Waals surface area contributed by atoms with Crippen molar-refractivity contribution < 1.29 is 26.7 Å². The summed E-state index contributed by atoms with van der Waals surface area (Å²) in [5, 5.41) is 2.97. The minimum absolute atomic E-state index is 0.00821. The molecule has 0 spiro atoms. The van der Waals surface area contributed by atoms with Crippen molar-refractivity contribution in [2.75, 3.05) is 13.6 Å². The molecule has 0 aromatic heterocycles. The fourth-order valence-corrected chi connectivity index (χ4v) is 3.37. The van der Waals surface area contributed by atoms with Crippen LogP contribution in [0, 0.1) is 0 Å². The number of likely N-dealkylation sites (N-methyl/N-ethyl adjacent to an activating group) is 1. The van der Waals surface area contributed by atoms with Crippen LogP contribution in [0.5, 0.6) is 5.75 Å². The van der Waals surface area contributed by atoms with E-state index < -0.39 is 22.5 Å². The zero-order valence-corrected chi connectivity index (χ0v) is 15.8. The van der Waals surface area contributed by atoms with Gasteiger partial charge >= 0.3 is 6.61 Å². The average molecular weight is 419 g/mol. The first-order chi connectivity index (χ1) is 12.7. The van der Waals surface area contributed by atoms with Gasteiger partial charge in [0.2, 0.25) is 15.9 Å². The summed E-state index contributed by atoms with van der Waals surface area (Å²) in [6.07, 6.45) is 0. The Kier molecular flexibility index (Phi) is 7.11. The number of amides is 1. The lowest BCUT2D eigenvalue weighted by atomic mass is 10.2. The second-order valence-corrected chi connectivity index (χ2v) is 8.00. The standard InChI is InChI=1S/C17H17ClF2N2O4S/c1-22(27(24,25)15-8-4-13(18)5-9-15)11-16(23)21-10-12-2-6-14(7-3-12)26-17(19)20/h2-9,17H,10-11H2,1H3,(H,21,23). The first kappa shape index (κ1) is 21.1. The number of nitrogens with zero attached hydrogens (tertiary/aromatic N) is 1. The zero-order valence-electron chi connectivity index (χ0n) is 14.2. The van der Waals surface area contributed by atoms with Crippen molar-refractivity contribution >= 4 is 27.5 Å². The van der Waals surface area contributed by atoms with Crippen LogP contribution in [0.15, 0.2) is 53.4 Å². The Balaban J connectivity index is 1.90. The molecule has 2 aromatic carbocycles. The largest absolute Gasteiger partial charge is 0.435 e. The molecule has 0 aliphatic heterocycles. The van der Waals surface area contributed by atoms with E-state index >= 15 is 0 Å². The number of benzene rings is 2. The summed E-state index contributed by atoms with van der Waals surface area (Å²) in [7, 11) is -2.53. The molecule has 0 fully saturated rings. The molecule has 0 aliphatic rings. The van der Waals surface area contributed by atoms with Crippen LogP contribution in [0.4, 0.5) is 8.78 Å². The van der Waals surface area contributed by atoms with Gasteiger partial charge in [-0.05, 0) is 42.0 Å². The molecule has 1 N–H and O–H groups in total. The Morgan fingerprint density at radius 2 is 1.74 bits per heavy atom. The number of carbonyl (C=O) groups excluding carboxylic acids is 1. The van der Waals surface area contributed by atoms with Crippen molar-refractivity contribution in [2.45, 2.75) is 18.1 Å². The Morgan fingerprint density at radius 1 is 1.15 bits per heavy atom. The molecular weight excluding hydrogens is 402 g/mol. The van der Waals surface area contributed by atoms with E-state index in [4.69, 9.17) is 11.6 Å². The Labute approximate surface area is 160 Å². The van der Waals surface area contributed by atoms with Gasteiger partial charge in [-0.25, -0.2) is 8.42 Å². The topological polar surface area (TPSA) is 75.7 Å². The highest BCUT2D eigenvalue weighted by atomic mass is 35.5. The Morgan fingerprint density at radius 3 is 2.30 bits per heavy atom. The van der Waals surface area contributed by atoms with Crippen molar-refractivity contribution in [2.24, 2.45) is 0 Å². The van der Waals surface area contributed by atoms with Crippen LogP contribution in [0.25, 0.3) is 0 Å². The van der Waals surface area contributed by atoms with Gasteiger partial charge in [-0.15, -0.1) is 0 Å². The molecule has 0 heterocycles. The zero-order chi connectivity index (χ0) is 20.0. The van der Waals surface area contributed by atoms with Crippen LogP contribution < -0.4 is 10.1 Å². The number of ether oxygens (including phenoxy) is 1. The van der Waals surface area contributed by atoms with E-state index in [1.54, 1.807) is 0 Å². The lowest BCUT2D eigenvalue weighted by Gasteiger charge is -2.17. The fourth-order valence-electron chi connectivity index (χ4n) is 2.12. The number of carbonyl (C=O) groups is 1. The molecule has 2 rings (SSSR count). The van der Waals surface area contributed by atoms with Crippen molar-refractivity contribution in [1.29, 1.82) is 0 Å². The number of hydrogen-bond donors (Lipinski definition) is 1. The molecule has 0 saturated carbocycles. The molecule has 0 saturated heterocycles. The third-order valence-corrected chi connectivity index (χ3v) is 5.60. The van der Waals surface area contributed by atoms with Gasteiger partial charge in [0.05, 0.1) is 11.4 Å². The van der Waals surface area contributed by atoms with Gasteiger partial charge in [0.15, 0.2) is 0 Å². The number of hydrogen-bond acceptors (Lipinski definition) is 4. The molecule has 2 aromatic rings. The lowest BCUT2D eigenvalue weighted by molar-refractivity contribution is -0.121. The SMILES string of the molecule is CN(CC(=O)NCc1ccc(OC(F)F)cc1)S(=O)(=O)c1ccc(Cl)cc1. The number of halogens is 3. The summed E-state index contributed by atoms with van der Waals surface area (Å²) >= 11 is 5.74. The highest BCUT2D eigenvalue weighted by molar-refractivity contribution is 7.89. The van der Waals surface area contributed by atoms with Crippen LogP contribution in [-0.4, -0.2) is 38.8 Å². The highest BCUT2D eigenvalue weighted by Gasteiger charge is 2.22. The van der Waals surface area contributed by atoms with Gasteiger partial charge in [-0.2, -0.15) is 13.1 Å². The molecule has 27 heavy (non-hydrogen) atoms. The van der Waals surface area contributed by atoms with Gasteiger partial charge in [0.25, 0.3) is 0 Å². The maximum Gasteiger partial charge on any atom is 0.387 e. The van der Waals surface area contributed by atoms with Crippen LogP contribution in [0.1, 0.15) is 5.56 Å². The predicted octanol–water partition coefficient (Wildman–Crippen LogP) is 2.88. The summed E-state index contributed by atoms with van der Waals surface area (Å²) in [5.41, 5.74) is 0.646. The minimum Gasteiger partial charge on any atom is -0.435 e. The lowest BCUT2D eigenvalue weighted by Crippen LogP contribution is -2.38. The van der Waals surface area contributed by atoms with E-state index in [1.165, 1.54) is 55.6 Å². The quantitative estimate of drug-likeness (QED) is 0.715. The maximum atomic E-state index is 12.4. The second kappa shape index (κ2) is 9.12. The van der Waals surface area contributed by atoms with E-state index in [1.807, 2.05) is 0 Å². The van der Waals surface area contributed by atoms with E-state index in [0.29, 0.717) is 10.6 Å².